The van der Waals surface area contributed by atoms with Crippen LogP contribution in [-0.4, -0.2) is 82.7 Å². The average molecular weight is 729 g/mol. The zero-order chi connectivity index (χ0) is 37.9. The number of ether oxygens (including phenoxy) is 1. The molecule has 13 nitrogen and oxygen atoms in total. The van der Waals surface area contributed by atoms with Crippen molar-refractivity contribution in [3.63, 3.8) is 0 Å². The Balaban J connectivity index is 0.000000267. The summed E-state index contributed by atoms with van der Waals surface area (Å²) in [6, 6.07) is 20.5. The number of benzene rings is 2. The monoisotopic (exact) mass is 728 g/mol. The number of amides is 2. The highest BCUT2D eigenvalue weighted by molar-refractivity contribution is 5.76. The molecule has 0 saturated carbocycles. The first-order valence-electron chi connectivity index (χ1n) is 18.9. The smallest absolute Gasteiger partial charge is 0.410 e. The second-order valence-corrected chi connectivity index (χ2v) is 14.6. The molecular formula is C40H56N8O5. The van der Waals surface area contributed by atoms with Crippen LogP contribution in [0.4, 0.5) is 4.79 Å². The molecule has 1 fully saturated rings. The van der Waals surface area contributed by atoms with E-state index in [0.29, 0.717) is 19.5 Å². The number of hydrogen-bond acceptors (Lipinski definition) is 8. The molecule has 1 aliphatic rings. The SMILES string of the molecule is CC(C)(C)OC(=O)N1CCC(NC(=O)CCCCCc2cn(Cc3ccccc3)nn2)CC1.O=C(O)CCCCCc1cn(Cc2ccccc2)nn1. The zero-order valence-electron chi connectivity index (χ0n) is 31.5. The predicted molar refractivity (Wildman–Crippen MR) is 202 cm³/mol. The molecule has 2 N–H and O–H groups in total. The summed E-state index contributed by atoms with van der Waals surface area (Å²) in [5.41, 5.74) is 3.88. The van der Waals surface area contributed by atoms with Gasteiger partial charge in [0.15, 0.2) is 0 Å². The van der Waals surface area contributed by atoms with Crippen LogP contribution in [0.15, 0.2) is 73.1 Å². The van der Waals surface area contributed by atoms with Crippen LogP contribution in [-0.2, 0) is 40.3 Å². The molecular weight excluding hydrogens is 672 g/mol. The normalized spacial score (nSPS) is 13.2. The van der Waals surface area contributed by atoms with Crippen molar-refractivity contribution in [2.45, 2.75) is 123 Å². The Morgan fingerprint density at radius 2 is 1.23 bits per heavy atom. The molecule has 2 amide bonds. The van der Waals surface area contributed by atoms with E-state index in [9.17, 15) is 14.4 Å². The van der Waals surface area contributed by atoms with Crippen LogP contribution in [0.5, 0.6) is 0 Å². The first-order valence-corrected chi connectivity index (χ1v) is 18.9. The van der Waals surface area contributed by atoms with Crippen molar-refractivity contribution in [3.05, 3.63) is 95.6 Å². The Labute approximate surface area is 313 Å². The first-order chi connectivity index (χ1) is 25.5. The highest BCUT2D eigenvalue weighted by atomic mass is 16.6. The molecule has 0 atom stereocenters. The van der Waals surface area contributed by atoms with Crippen molar-refractivity contribution < 1.29 is 24.2 Å². The Morgan fingerprint density at radius 1 is 0.736 bits per heavy atom. The van der Waals surface area contributed by atoms with E-state index in [0.717, 1.165) is 88.7 Å². The highest BCUT2D eigenvalue weighted by Gasteiger charge is 2.27. The molecule has 0 unspecified atom stereocenters. The number of unbranched alkanes of at least 4 members (excludes halogenated alkanes) is 4. The molecule has 2 aromatic heterocycles. The van der Waals surface area contributed by atoms with Crippen molar-refractivity contribution in [3.8, 4) is 0 Å². The van der Waals surface area contributed by atoms with Gasteiger partial charge in [-0.2, -0.15) is 0 Å². The van der Waals surface area contributed by atoms with Crippen molar-refractivity contribution >= 4 is 18.0 Å². The van der Waals surface area contributed by atoms with Crippen molar-refractivity contribution in [1.82, 2.24) is 40.2 Å². The summed E-state index contributed by atoms with van der Waals surface area (Å²) in [4.78, 5) is 36.5. The lowest BCUT2D eigenvalue weighted by Crippen LogP contribution is -2.47. The summed E-state index contributed by atoms with van der Waals surface area (Å²) in [5.74, 6) is -0.627. The number of aromatic nitrogens is 6. The fraction of sp³-hybridized carbons (Fsp3) is 0.525. The molecule has 1 saturated heterocycles. The fourth-order valence-corrected chi connectivity index (χ4v) is 5.96. The molecule has 1 aliphatic heterocycles. The van der Waals surface area contributed by atoms with E-state index in [1.807, 2.05) is 78.9 Å². The standard InChI is InChI=1S/C25H37N5O3.C15H19N3O2/c1-25(2,3)33-24(32)29-16-14-21(15-17-29)26-23(31)13-9-5-8-12-22-19-30(28-27-22)18-20-10-6-4-7-11-20;19-15(20)10-6-2-5-9-14-12-18(17-16-14)11-13-7-3-1-4-8-13/h4,6-7,10-11,19,21H,5,8-9,12-18H2,1-3H3,(H,26,31);1,3-4,7-8,12H,2,5-6,9-11H2,(H,19,20). The van der Waals surface area contributed by atoms with Crippen LogP contribution in [0.25, 0.3) is 0 Å². The number of piperidine rings is 1. The van der Waals surface area contributed by atoms with Gasteiger partial charge in [-0.3, -0.25) is 9.59 Å². The quantitative estimate of drug-likeness (QED) is 0.117. The zero-order valence-corrected chi connectivity index (χ0v) is 31.5. The second kappa shape index (κ2) is 21.5. The van der Waals surface area contributed by atoms with E-state index in [4.69, 9.17) is 9.84 Å². The maximum atomic E-state index is 12.3. The maximum absolute atomic E-state index is 12.3. The van der Waals surface area contributed by atoms with Gasteiger partial charge in [0.1, 0.15) is 5.60 Å². The number of likely N-dealkylation sites (tertiary alicyclic amines) is 1. The lowest BCUT2D eigenvalue weighted by Gasteiger charge is -2.33. The van der Waals surface area contributed by atoms with E-state index < -0.39 is 11.6 Å². The number of carboxylic acid groups (broad SMARTS) is 1. The number of hydrogen-bond donors (Lipinski definition) is 2. The molecule has 0 spiro atoms. The second-order valence-electron chi connectivity index (χ2n) is 14.6. The molecule has 0 bridgehead atoms. The van der Waals surface area contributed by atoms with Gasteiger partial charge in [0.25, 0.3) is 0 Å². The van der Waals surface area contributed by atoms with Gasteiger partial charge >= 0.3 is 12.1 Å². The summed E-state index contributed by atoms with van der Waals surface area (Å²) in [5, 5.41) is 28.4. The maximum Gasteiger partial charge on any atom is 0.410 e. The van der Waals surface area contributed by atoms with Gasteiger partial charge in [0.2, 0.25) is 5.91 Å². The number of carboxylic acids is 1. The van der Waals surface area contributed by atoms with Gasteiger partial charge in [-0.15, -0.1) is 10.2 Å². The Morgan fingerprint density at radius 3 is 1.70 bits per heavy atom. The van der Waals surface area contributed by atoms with Crippen LogP contribution in [0.3, 0.4) is 0 Å². The molecule has 5 rings (SSSR count). The number of rotatable bonds is 17. The lowest BCUT2D eigenvalue weighted by atomic mass is 10.0. The average Bonchev–Trinajstić information content (AvgIpc) is 3.77. The summed E-state index contributed by atoms with van der Waals surface area (Å²) >= 11 is 0. The third-order valence-electron chi connectivity index (χ3n) is 8.72. The molecule has 0 radical (unpaired) electrons. The topological polar surface area (TPSA) is 157 Å². The third kappa shape index (κ3) is 16.4. The molecule has 0 aliphatic carbocycles. The minimum atomic E-state index is -0.723. The number of aryl methyl sites for hydroxylation is 2. The van der Waals surface area contributed by atoms with Gasteiger partial charge in [-0.1, -0.05) is 83.9 Å². The molecule has 286 valence electrons. The van der Waals surface area contributed by atoms with E-state index in [1.54, 1.807) is 4.90 Å². The Bertz CT molecular complexity index is 1660. The lowest BCUT2D eigenvalue weighted by molar-refractivity contribution is -0.137. The van der Waals surface area contributed by atoms with Gasteiger partial charge < -0.3 is 20.1 Å². The number of nitrogens with one attached hydrogen (secondary N) is 1. The number of carbonyl (C=O) groups excluding carboxylic acids is 2. The molecule has 3 heterocycles. The van der Waals surface area contributed by atoms with E-state index >= 15 is 0 Å². The highest BCUT2D eigenvalue weighted by Crippen LogP contribution is 2.16. The van der Waals surface area contributed by atoms with Gasteiger partial charge in [0.05, 0.1) is 24.5 Å². The minimum Gasteiger partial charge on any atom is -0.481 e. The summed E-state index contributed by atoms with van der Waals surface area (Å²) in [7, 11) is 0. The number of nitrogens with zero attached hydrogens (tertiary/aromatic N) is 7. The predicted octanol–water partition coefficient (Wildman–Crippen LogP) is 6.46. The van der Waals surface area contributed by atoms with E-state index in [1.165, 1.54) is 11.1 Å². The van der Waals surface area contributed by atoms with Crippen LogP contribution in [0.2, 0.25) is 0 Å². The number of carbonyl (C=O) groups is 3. The molecule has 53 heavy (non-hydrogen) atoms. The van der Waals surface area contributed by atoms with Crippen LogP contribution < -0.4 is 5.32 Å². The molecule has 4 aromatic rings. The van der Waals surface area contributed by atoms with Crippen molar-refractivity contribution in [2.24, 2.45) is 0 Å². The van der Waals surface area contributed by atoms with Gasteiger partial charge in [-0.05, 0) is 83.3 Å². The summed E-state index contributed by atoms with van der Waals surface area (Å²) in [6.07, 6.45) is 13.2. The van der Waals surface area contributed by atoms with Gasteiger partial charge in [-0.25, -0.2) is 14.2 Å². The molecule has 13 heteroatoms. The van der Waals surface area contributed by atoms with E-state index in [-0.39, 0.29) is 24.5 Å². The minimum absolute atomic E-state index is 0.0968. The Hall–Kier alpha value is -5.07. The summed E-state index contributed by atoms with van der Waals surface area (Å²) < 4.78 is 9.12. The van der Waals surface area contributed by atoms with Crippen molar-refractivity contribution in [2.75, 3.05) is 13.1 Å². The Kier molecular flexibility index (Phi) is 16.5. The van der Waals surface area contributed by atoms with Gasteiger partial charge in [0, 0.05) is 44.4 Å². The van der Waals surface area contributed by atoms with Crippen LogP contribution in [0.1, 0.15) is 107 Å². The van der Waals surface area contributed by atoms with Crippen LogP contribution >= 0.6 is 0 Å². The number of aliphatic carboxylic acids is 1. The first kappa shape index (κ1) is 40.7. The van der Waals surface area contributed by atoms with Crippen LogP contribution in [0, 0.1) is 0 Å². The fourth-order valence-electron chi connectivity index (χ4n) is 5.96. The third-order valence-corrected chi connectivity index (χ3v) is 8.72. The summed E-state index contributed by atoms with van der Waals surface area (Å²) in [6.45, 7) is 8.29. The van der Waals surface area contributed by atoms with E-state index in [2.05, 4.69) is 50.2 Å². The largest absolute Gasteiger partial charge is 0.481 e. The van der Waals surface area contributed by atoms with Crippen molar-refractivity contribution in [1.29, 1.82) is 0 Å². The molecule has 2 aromatic carbocycles.